The van der Waals surface area contributed by atoms with Crippen molar-refractivity contribution in [1.29, 1.82) is 0 Å². The van der Waals surface area contributed by atoms with Gasteiger partial charge < -0.3 is 5.73 Å². The first kappa shape index (κ1) is 13.3. The molecule has 5 heteroatoms. The van der Waals surface area contributed by atoms with Crippen LogP contribution in [0.4, 0.5) is 4.39 Å². The topological polar surface area (TPSA) is 67.5 Å². The highest BCUT2D eigenvalue weighted by Gasteiger charge is 2.45. The van der Waals surface area contributed by atoms with E-state index in [1.54, 1.807) is 30.3 Å². The molecule has 3 rings (SSSR count). The number of carbonyl (C=O) groups is 1. The quantitative estimate of drug-likeness (QED) is 0.900. The van der Waals surface area contributed by atoms with Crippen LogP contribution in [0, 0.1) is 5.82 Å². The number of amides is 1. The molecule has 21 heavy (non-hydrogen) atoms. The van der Waals surface area contributed by atoms with E-state index in [2.05, 4.69) is 10.3 Å². The van der Waals surface area contributed by atoms with Crippen molar-refractivity contribution in [2.24, 2.45) is 10.7 Å². The molecule has 1 heterocycles. The van der Waals surface area contributed by atoms with E-state index >= 15 is 0 Å². The van der Waals surface area contributed by atoms with Crippen molar-refractivity contribution in [3.8, 4) is 0 Å². The molecule has 4 nitrogen and oxygen atoms in total. The molecule has 0 aromatic heterocycles. The van der Waals surface area contributed by atoms with Gasteiger partial charge in [0, 0.05) is 6.42 Å². The normalized spacial score (nSPS) is 21.0. The zero-order valence-corrected chi connectivity index (χ0v) is 11.2. The van der Waals surface area contributed by atoms with Crippen molar-refractivity contribution >= 4 is 11.9 Å². The van der Waals surface area contributed by atoms with E-state index in [4.69, 9.17) is 5.73 Å². The molecular weight excluding hydrogens is 269 g/mol. The average Bonchev–Trinajstić information content (AvgIpc) is 2.77. The number of aliphatic imine (C=N–C) groups is 1. The van der Waals surface area contributed by atoms with Gasteiger partial charge >= 0.3 is 0 Å². The summed E-state index contributed by atoms with van der Waals surface area (Å²) in [5.74, 6) is -0.643. The summed E-state index contributed by atoms with van der Waals surface area (Å²) in [6.45, 7) is 0. The molecule has 0 saturated carbocycles. The first-order valence-corrected chi connectivity index (χ1v) is 6.57. The molecule has 106 valence electrons. The standard InChI is InChI=1S/C16H14FN3O/c17-13-9-5-4-6-11(13)10-16(12-7-2-1-3-8-12)14(21)19-15(18)20-16/h1-9H,10H2,(H3,18,19,20,21)/t16-/m1/s1. The third-order valence-electron chi connectivity index (χ3n) is 3.58. The smallest absolute Gasteiger partial charge is 0.259 e. The van der Waals surface area contributed by atoms with Crippen LogP contribution in [-0.4, -0.2) is 11.9 Å². The van der Waals surface area contributed by atoms with Gasteiger partial charge in [-0.25, -0.2) is 9.38 Å². The van der Waals surface area contributed by atoms with Crippen molar-refractivity contribution in [1.82, 2.24) is 5.32 Å². The van der Waals surface area contributed by atoms with E-state index in [1.807, 2.05) is 18.2 Å². The van der Waals surface area contributed by atoms with E-state index in [9.17, 15) is 9.18 Å². The highest BCUT2D eigenvalue weighted by Crippen LogP contribution is 2.33. The van der Waals surface area contributed by atoms with E-state index in [-0.39, 0.29) is 24.1 Å². The second-order valence-electron chi connectivity index (χ2n) is 4.95. The predicted molar refractivity (Wildman–Crippen MR) is 78.0 cm³/mol. The fraction of sp³-hybridized carbons (Fsp3) is 0.125. The van der Waals surface area contributed by atoms with E-state index in [0.717, 1.165) is 0 Å². The third kappa shape index (κ3) is 2.27. The summed E-state index contributed by atoms with van der Waals surface area (Å²) in [4.78, 5) is 16.7. The molecule has 0 unspecified atom stereocenters. The van der Waals surface area contributed by atoms with Gasteiger partial charge in [0.25, 0.3) is 5.91 Å². The number of nitrogens with two attached hydrogens (primary N) is 1. The second-order valence-corrected chi connectivity index (χ2v) is 4.95. The Kier molecular flexibility index (Phi) is 3.17. The van der Waals surface area contributed by atoms with Crippen LogP contribution in [0.15, 0.2) is 59.6 Å². The molecule has 0 radical (unpaired) electrons. The van der Waals surface area contributed by atoms with Crippen molar-refractivity contribution in [2.45, 2.75) is 12.0 Å². The molecule has 3 N–H and O–H groups in total. The van der Waals surface area contributed by atoms with Crippen LogP contribution in [0.3, 0.4) is 0 Å². The number of nitrogens with one attached hydrogen (secondary N) is 1. The molecular formula is C16H14FN3O. The van der Waals surface area contributed by atoms with Crippen LogP contribution in [0.25, 0.3) is 0 Å². The van der Waals surface area contributed by atoms with Gasteiger partial charge in [-0.3, -0.25) is 10.1 Å². The molecule has 0 bridgehead atoms. The summed E-state index contributed by atoms with van der Waals surface area (Å²) >= 11 is 0. The molecule has 2 aromatic rings. The number of rotatable bonds is 3. The van der Waals surface area contributed by atoms with Gasteiger partial charge in [0.1, 0.15) is 5.82 Å². The Bertz CT molecular complexity index is 714. The van der Waals surface area contributed by atoms with Crippen LogP contribution in [-0.2, 0) is 16.8 Å². The van der Waals surface area contributed by atoms with Crippen LogP contribution in [0.1, 0.15) is 11.1 Å². The lowest BCUT2D eigenvalue weighted by atomic mass is 9.84. The van der Waals surface area contributed by atoms with E-state index in [0.29, 0.717) is 11.1 Å². The monoisotopic (exact) mass is 283 g/mol. The summed E-state index contributed by atoms with van der Waals surface area (Å²) in [6.07, 6.45) is 0.121. The van der Waals surface area contributed by atoms with Crippen LogP contribution < -0.4 is 11.1 Å². The Labute approximate surface area is 121 Å². The highest BCUT2D eigenvalue weighted by atomic mass is 19.1. The van der Waals surface area contributed by atoms with Crippen molar-refractivity contribution in [3.63, 3.8) is 0 Å². The number of nitrogens with zero attached hydrogens (tertiary/aromatic N) is 1. The predicted octanol–water partition coefficient (Wildman–Crippen LogP) is 1.71. The molecule has 1 amide bonds. The SMILES string of the molecule is NC1=N[C@](Cc2ccccc2F)(c2ccccc2)C(=O)N1. The van der Waals surface area contributed by atoms with Crippen molar-refractivity contribution in [3.05, 3.63) is 71.5 Å². The number of carbonyl (C=O) groups excluding carboxylic acids is 1. The summed E-state index contributed by atoms with van der Waals surface area (Å²) in [5, 5.41) is 2.51. The molecule has 1 atom stereocenters. The minimum absolute atomic E-state index is 0.0557. The number of hydrogen-bond donors (Lipinski definition) is 2. The fourth-order valence-corrected chi connectivity index (χ4v) is 2.55. The minimum atomic E-state index is -1.21. The average molecular weight is 283 g/mol. The number of benzene rings is 2. The third-order valence-corrected chi connectivity index (χ3v) is 3.58. The molecule has 0 saturated heterocycles. The second kappa shape index (κ2) is 5.01. The van der Waals surface area contributed by atoms with Crippen molar-refractivity contribution < 1.29 is 9.18 Å². The van der Waals surface area contributed by atoms with Gasteiger partial charge in [0.2, 0.25) is 0 Å². The van der Waals surface area contributed by atoms with Gasteiger partial charge in [-0.1, -0.05) is 48.5 Å². The van der Waals surface area contributed by atoms with Gasteiger partial charge in [0.15, 0.2) is 11.5 Å². The summed E-state index contributed by atoms with van der Waals surface area (Å²) in [5.41, 5.74) is 5.55. The maximum Gasteiger partial charge on any atom is 0.259 e. The Morgan fingerprint density at radius 3 is 2.38 bits per heavy atom. The first-order valence-electron chi connectivity index (χ1n) is 6.57. The molecule has 0 spiro atoms. The lowest BCUT2D eigenvalue weighted by Crippen LogP contribution is -2.40. The maximum atomic E-state index is 13.9. The summed E-state index contributed by atoms with van der Waals surface area (Å²) in [7, 11) is 0. The summed E-state index contributed by atoms with van der Waals surface area (Å²) in [6, 6.07) is 15.4. The van der Waals surface area contributed by atoms with Crippen LogP contribution >= 0.6 is 0 Å². The zero-order valence-electron chi connectivity index (χ0n) is 11.2. The zero-order chi connectivity index (χ0) is 14.9. The van der Waals surface area contributed by atoms with E-state index in [1.165, 1.54) is 6.07 Å². The largest absolute Gasteiger partial charge is 0.370 e. The van der Waals surface area contributed by atoms with Gasteiger partial charge in [-0.2, -0.15) is 0 Å². The highest BCUT2D eigenvalue weighted by molar-refractivity contribution is 6.07. The molecule has 1 aliphatic heterocycles. The Morgan fingerprint density at radius 2 is 1.76 bits per heavy atom. The van der Waals surface area contributed by atoms with Crippen LogP contribution in [0.5, 0.6) is 0 Å². The fourth-order valence-electron chi connectivity index (χ4n) is 2.55. The van der Waals surface area contributed by atoms with Gasteiger partial charge in [-0.15, -0.1) is 0 Å². The molecule has 2 aromatic carbocycles. The van der Waals surface area contributed by atoms with Gasteiger partial charge in [0.05, 0.1) is 0 Å². The van der Waals surface area contributed by atoms with E-state index < -0.39 is 5.54 Å². The molecule has 0 fully saturated rings. The number of hydrogen-bond acceptors (Lipinski definition) is 3. The summed E-state index contributed by atoms with van der Waals surface area (Å²) < 4.78 is 13.9. The lowest BCUT2D eigenvalue weighted by molar-refractivity contribution is -0.124. The number of halogens is 1. The molecule has 0 aliphatic carbocycles. The van der Waals surface area contributed by atoms with Gasteiger partial charge in [-0.05, 0) is 17.2 Å². The minimum Gasteiger partial charge on any atom is -0.370 e. The number of guanidine groups is 1. The first-order chi connectivity index (χ1) is 10.1. The Hall–Kier alpha value is -2.69. The molecule has 1 aliphatic rings. The Balaban J connectivity index is 2.11. The maximum absolute atomic E-state index is 13.9. The van der Waals surface area contributed by atoms with Crippen LogP contribution in [0.2, 0.25) is 0 Å². The Morgan fingerprint density at radius 1 is 1.10 bits per heavy atom. The lowest BCUT2D eigenvalue weighted by Gasteiger charge is -2.24. The van der Waals surface area contributed by atoms with Crippen molar-refractivity contribution in [2.75, 3.05) is 0 Å².